The maximum atomic E-state index is 2.56. The predicted molar refractivity (Wildman–Crippen MR) is 75.7 cm³/mol. The van der Waals surface area contributed by atoms with Crippen LogP contribution in [-0.2, 0) is 6.04 Å². The molecule has 0 unspecified atom stereocenters. The number of hydrogen-bond donors (Lipinski definition) is 0. The van der Waals surface area contributed by atoms with Crippen LogP contribution in [0.15, 0.2) is 24.3 Å². The molecule has 0 saturated carbocycles. The molecule has 1 aromatic rings. The lowest BCUT2D eigenvalue weighted by atomic mass is 10.2. The lowest BCUT2D eigenvalue weighted by molar-refractivity contribution is 1.30. The third-order valence-electron chi connectivity index (χ3n) is 3.76. The zero-order chi connectivity index (χ0) is 11.7. The normalized spacial score (nSPS) is 12.9. The first-order chi connectivity index (χ1) is 6.72. The van der Waals surface area contributed by atoms with Crippen molar-refractivity contribution in [2.24, 2.45) is 0 Å². The molecule has 1 aromatic carbocycles. The van der Waals surface area contributed by atoms with Gasteiger partial charge < -0.3 is 0 Å². The van der Waals surface area contributed by atoms with E-state index < -0.39 is 15.2 Å². The van der Waals surface area contributed by atoms with Crippen molar-refractivity contribution in [2.45, 2.75) is 45.7 Å². The first kappa shape index (κ1) is 12.7. The van der Waals surface area contributed by atoms with E-state index in [1.807, 2.05) is 0 Å². The minimum Gasteiger partial charge on any atom is -0.0715 e. The molecule has 15 heavy (non-hydrogen) atoms. The van der Waals surface area contributed by atoms with Crippen LogP contribution in [0.4, 0.5) is 0 Å². The van der Waals surface area contributed by atoms with E-state index >= 15 is 0 Å². The predicted octanol–water partition coefficient (Wildman–Crippen LogP) is 4.20. The van der Waals surface area contributed by atoms with Crippen LogP contribution in [0, 0.1) is 6.92 Å². The van der Waals surface area contributed by atoms with E-state index in [1.165, 1.54) is 11.6 Å². The summed E-state index contributed by atoms with van der Waals surface area (Å²) in [5.41, 5.74) is 2.95. The van der Waals surface area contributed by atoms with Gasteiger partial charge in [0, 0.05) is 15.2 Å². The van der Waals surface area contributed by atoms with Gasteiger partial charge in [0.1, 0.15) is 0 Å². The second-order valence-electron chi connectivity index (χ2n) is 6.30. The molecule has 0 aliphatic heterocycles. The monoisotopic (exact) mass is 236 g/mol. The fourth-order valence-electron chi connectivity index (χ4n) is 1.60. The summed E-state index contributed by atoms with van der Waals surface area (Å²) in [6, 6.07) is 10.4. The summed E-state index contributed by atoms with van der Waals surface area (Å²) < 4.78 is 0. The SMILES string of the molecule is Cc1cccc(C[Si](C)(C)[Si](C)(C)C)c1. The van der Waals surface area contributed by atoms with Crippen molar-refractivity contribution >= 4 is 15.2 Å². The van der Waals surface area contributed by atoms with E-state index in [0.29, 0.717) is 0 Å². The zero-order valence-electron chi connectivity index (χ0n) is 11.0. The van der Waals surface area contributed by atoms with Crippen molar-refractivity contribution in [3.8, 4) is 0 Å². The third kappa shape index (κ3) is 3.31. The third-order valence-corrected chi connectivity index (χ3v) is 21.8. The van der Waals surface area contributed by atoms with Crippen molar-refractivity contribution in [3.63, 3.8) is 0 Å². The van der Waals surface area contributed by atoms with E-state index in [1.54, 1.807) is 5.56 Å². The van der Waals surface area contributed by atoms with Gasteiger partial charge in [-0.05, 0) is 13.0 Å². The van der Waals surface area contributed by atoms with Gasteiger partial charge in [-0.15, -0.1) is 0 Å². The van der Waals surface area contributed by atoms with E-state index in [2.05, 4.69) is 63.9 Å². The molecule has 0 spiro atoms. The molecule has 0 bridgehead atoms. The van der Waals surface area contributed by atoms with Crippen LogP contribution >= 0.6 is 0 Å². The van der Waals surface area contributed by atoms with Crippen LogP contribution in [-0.4, -0.2) is 15.2 Å². The number of rotatable bonds is 3. The fraction of sp³-hybridized carbons (Fsp3) is 0.538. The highest BCUT2D eigenvalue weighted by atomic mass is 29.3. The molecule has 0 saturated heterocycles. The fourth-order valence-corrected chi connectivity index (χ4v) is 5.57. The smallest absolute Gasteiger partial charge is 0.0454 e. The van der Waals surface area contributed by atoms with Crippen LogP contribution in [0.5, 0.6) is 0 Å². The van der Waals surface area contributed by atoms with Crippen LogP contribution in [0.2, 0.25) is 32.7 Å². The first-order valence-corrected chi connectivity index (χ1v) is 13.5. The Balaban J connectivity index is 2.87. The molecule has 0 aliphatic carbocycles. The molecule has 1 rings (SSSR count). The molecule has 2 heteroatoms. The molecule has 0 aromatic heterocycles. The van der Waals surface area contributed by atoms with Crippen LogP contribution in [0.3, 0.4) is 0 Å². The van der Waals surface area contributed by atoms with Crippen LogP contribution < -0.4 is 0 Å². The molecule has 0 amide bonds. The maximum Gasteiger partial charge on any atom is 0.0454 e. The maximum absolute atomic E-state index is 2.56. The topological polar surface area (TPSA) is 0 Å². The van der Waals surface area contributed by atoms with E-state index in [-0.39, 0.29) is 0 Å². The summed E-state index contributed by atoms with van der Waals surface area (Å²) in [6.45, 7) is 14.9. The Kier molecular flexibility index (Phi) is 3.61. The van der Waals surface area contributed by atoms with Gasteiger partial charge in [-0.3, -0.25) is 0 Å². The first-order valence-electron chi connectivity index (χ1n) is 5.78. The molecule has 0 aliphatic rings. The van der Waals surface area contributed by atoms with Gasteiger partial charge in [0.25, 0.3) is 0 Å². The Morgan fingerprint density at radius 1 is 1.00 bits per heavy atom. The van der Waals surface area contributed by atoms with Crippen molar-refractivity contribution in [2.75, 3.05) is 0 Å². The van der Waals surface area contributed by atoms with Gasteiger partial charge in [0.2, 0.25) is 0 Å². The average molecular weight is 237 g/mol. The van der Waals surface area contributed by atoms with Crippen molar-refractivity contribution in [1.29, 1.82) is 0 Å². The molecule has 0 radical (unpaired) electrons. The molecule has 84 valence electrons. The second-order valence-corrected chi connectivity index (χ2v) is 23.5. The minimum atomic E-state index is -1.03. The van der Waals surface area contributed by atoms with E-state index in [0.717, 1.165) is 0 Å². The number of aryl methyl sites for hydroxylation is 1. The summed E-state index contributed by atoms with van der Waals surface area (Å²) in [6.07, 6.45) is 0. The van der Waals surface area contributed by atoms with Gasteiger partial charge in [-0.1, -0.05) is 68.1 Å². The Morgan fingerprint density at radius 3 is 2.07 bits per heavy atom. The molecule has 0 heterocycles. The summed E-state index contributed by atoms with van der Waals surface area (Å²) in [7, 11) is -1.98. The van der Waals surface area contributed by atoms with Crippen molar-refractivity contribution < 1.29 is 0 Å². The molecular weight excluding hydrogens is 212 g/mol. The van der Waals surface area contributed by atoms with Crippen molar-refractivity contribution in [1.82, 2.24) is 0 Å². The average Bonchev–Trinajstić information content (AvgIpc) is 2.00. The Bertz CT molecular complexity index is 335. The standard InChI is InChI=1S/C13H24Si2/c1-12-8-7-9-13(10-12)11-15(5,6)14(2,3)4/h7-10H,11H2,1-6H3. The van der Waals surface area contributed by atoms with Gasteiger partial charge in [0.15, 0.2) is 0 Å². The summed E-state index contributed by atoms with van der Waals surface area (Å²) >= 11 is 0. The molecule has 0 nitrogen and oxygen atoms in total. The van der Waals surface area contributed by atoms with Gasteiger partial charge in [-0.2, -0.15) is 0 Å². The summed E-state index contributed by atoms with van der Waals surface area (Å²) in [5.74, 6) is 0. The van der Waals surface area contributed by atoms with Crippen LogP contribution in [0.25, 0.3) is 0 Å². The molecule has 0 atom stereocenters. The summed E-state index contributed by atoms with van der Waals surface area (Å²) in [4.78, 5) is 0. The van der Waals surface area contributed by atoms with E-state index in [9.17, 15) is 0 Å². The molecule has 0 fully saturated rings. The lowest BCUT2D eigenvalue weighted by Crippen LogP contribution is -2.54. The highest BCUT2D eigenvalue weighted by Gasteiger charge is 2.36. The Labute approximate surface area is 96.5 Å². The Hall–Kier alpha value is -0.346. The summed E-state index contributed by atoms with van der Waals surface area (Å²) in [5, 5.41) is 0. The lowest BCUT2D eigenvalue weighted by Gasteiger charge is -2.35. The quantitative estimate of drug-likeness (QED) is 0.690. The van der Waals surface area contributed by atoms with Crippen LogP contribution in [0.1, 0.15) is 11.1 Å². The largest absolute Gasteiger partial charge is 0.0715 e. The number of benzene rings is 1. The highest BCUT2D eigenvalue weighted by Crippen LogP contribution is 2.23. The Morgan fingerprint density at radius 2 is 1.60 bits per heavy atom. The van der Waals surface area contributed by atoms with Gasteiger partial charge in [-0.25, -0.2) is 0 Å². The second kappa shape index (κ2) is 4.26. The number of hydrogen-bond acceptors (Lipinski definition) is 0. The molecule has 0 N–H and O–H groups in total. The minimum absolute atomic E-state index is 0.946. The zero-order valence-corrected chi connectivity index (χ0v) is 13.0. The van der Waals surface area contributed by atoms with Crippen molar-refractivity contribution in [3.05, 3.63) is 35.4 Å². The van der Waals surface area contributed by atoms with Gasteiger partial charge in [0.05, 0.1) is 0 Å². The van der Waals surface area contributed by atoms with Gasteiger partial charge >= 0.3 is 0 Å². The molecular formula is C13H24Si2. The highest BCUT2D eigenvalue weighted by molar-refractivity contribution is 7.40. The van der Waals surface area contributed by atoms with E-state index in [4.69, 9.17) is 0 Å².